The van der Waals surface area contributed by atoms with Crippen LogP contribution in [0.1, 0.15) is 34.5 Å². The fourth-order valence-corrected chi connectivity index (χ4v) is 3.08. The highest BCUT2D eigenvalue weighted by atomic mass is 19.4. The molecular weight excluding hydrogens is 329 g/mol. The summed E-state index contributed by atoms with van der Waals surface area (Å²) < 4.78 is 38.4. The molecule has 1 aromatic heterocycles. The summed E-state index contributed by atoms with van der Waals surface area (Å²) in [7, 11) is 0. The molecule has 3 nitrogen and oxygen atoms in total. The quantitative estimate of drug-likeness (QED) is 0.716. The number of rotatable bonds is 3. The van der Waals surface area contributed by atoms with Gasteiger partial charge >= 0.3 is 6.18 Å². The summed E-state index contributed by atoms with van der Waals surface area (Å²) in [6.45, 7) is 0. The lowest BCUT2D eigenvalue weighted by Gasteiger charge is -2.17. The van der Waals surface area contributed by atoms with Crippen LogP contribution in [0.2, 0.25) is 0 Å². The van der Waals surface area contributed by atoms with Crippen molar-refractivity contribution in [3.05, 3.63) is 71.4 Å². The van der Waals surface area contributed by atoms with Crippen LogP contribution < -0.4 is 5.32 Å². The fraction of sp³-hybridized carbons (Fsp3) is 0.211. The largest absolute Gasteiger partial charge is 0.416 e. The number of halogens is 3. The summed E-state index contributed by atoms with van der Waals surface area (Å²) in [5.41, 5.74) is 0.708. The number of aromatic amines is 1. The standard InChI is InChI=1S/C19H15F3N2O/c20-19(21,22)14-6-7-15-12(10-14)11-16(23-15)17(25)24-18(8-9-18)13-4-2-1-3-5-13/h1-7,10-11,23H,8-9H2,(H,24,25). The van der Waals surface area contributed by atoms with Gasteiger partial charge in [-0.05, 0) is 42.7 Å². The van der Waals surface area contributed by atoms with Gasteiger partial charge in [-0.15, -0.1) is 0 Å². The Morgan fingerprint density at radius 3 is 2.40 bits per heavy atom. The number of hydrogen-bond acceptors (Lipinski definition) is 1. The van der Waals surface area contributed by atoms with E-state index < -0.39 is 11.7 Å². The fourth-order valence-electron chi connectivity index (χ4n) is 3.08. The highest BCUT2D eigenvalue weighted by Gasteiger charge is 2.45. The first-order chi connectivity index (χ1) is 11.9. The summed E-state index contributed by atoms with van der Waals surface area (Å²) in [5, 5.41) is 3.38. The molecule has 2 N–H and O–H groups in total. The number of carbonyl (C=O) groups is 1. The number of fused-ring (bicyclic) bond motifs is 1. The third-order valence-electron chi connectivity index (χ3n) is 4.62. The SMILES string of the molecule is O=C(NC1(c2ccccc2)CC1)c1cc2cc(C(F)(F)F)ccc2[nH]1. The van der Waals surface area contributed by atoms with Gasteiger partial charge in [0.15, 0.2) is 0 Å². The summed E-state index contributed by atoms with van der Waals surface area (Å²) in [6, 6.07) is 14.5. The van der Waals surface area contributed by atoms with Crippen molar-refractivity contribution in [2.45, 2.75) is 24.6 Å². The molecule has 25 heavy (non-hydrogen) atoms. The first-order valence-corrected chi connectivity index (χ1v) is 7.95. The first kappa shape index (κ1) is 15.7. The number of H-pyrrole nitrogens is 1. The van der Waals surface area contributed by atoms with E-state index in [0.717, 1.165) is 30.5 Å². The number of carbonyl (C=O) groups excluding carboxylic acids is 1. The van der Waals surface area contributed by atoms with Gasteiger partial charge in [0.05, 0.1) is 11.1 Å². The molecule has 3 aromatic rings. The third kappa shape index (κ3) is 2.88. The van der Waals surface area contributed by atoms with Gasteiger partial charge in [-0.1, -0.05) is 30.3 Å². The minimum absolute atomic E-state index is 0.261. The van der Waals surface area contributed by atoms with Gasteiger partial charge in [-0.25, -0.2) is 0 Å². The van der Waals surface area contributed by atoms with Gasteiger partial charge in [-0.2, -0.15) is 13.2 Å². The van der Waals surface area contributed by atoms with Crippen LogP contribution in [-0.4, -0.2) is 10.9 Å². The van der Waals surface area contributed by atoms with Gasteiger partial charge in [0, 0.05) is 10.9 Å². The van der Waals surface area contributed by atoms with E-state index in [4.69, 9.17) is 0 Å². The lowest BCUT2D eigenvalue weighted by molar-refractivity contribution is -0.137. The van der Waals surface area contributed by atoms with E-state index >= 15 is 0 Å². The number of hydrogen-bond donors (Lipinski definition) is 2. The summed E-state index contributed by atoms with van der Waals surface area (Å²) in [5.74, 6) is -0.314. The van der Waals surface area contributed by atoms with Gasteiger partial charge in [0.2, 0.25) is 0 Å². The molecule has 1 aliphatic carbocycles. The molecule has 2 aromatic carbocycles. The highest BCUT2D eigenvalue weighted by Crippen LogP contribution is 2.45. The molecule has 0 saturated heterocycles. The van der Waals surface area contributed by atoms with E-state index in [9.17, 15) is 18.0 Å². The van der Waals surface area contributed by atoms with E-state index in [1.165, 1.54) is 12.1 Å². The zero-order chi connectivity index (χ0) is 17.7. The molecule has 0 unspecified atom stereocenters. The van der Waals surface area contributed by atoms with Crippen molar-refractivity contribution in [3.63, 3.8) is 0 Å². The summed E-state index contributed by atoms with van der Waals surface area (Å²) >= 11 is 0. The Morgan fingerprint density at radius 1 is 1.04 bits per heavy atom. The predicted octanol–water partition coefficient (Wildman–Crippen LogP) is 4.61. The Hall–Kier alpha value is -2.76. The van der Waals surface area contributed by atoms with Crippen molar-refractivity contribution >= 4 is 16.8 Å². The van der Waals surface area contributed by atoms with Crippen molar-refractivity contribution in [1.29, 1.82) is 0 Å². The van der Waals surface area contributed by atoms with Crippen LogP contribution in [0, 0.1) is 0 Å². The smallest absolute Gasteiger partial charge is 0.351 e. The van der Waals surface area contributed by atoms with Crippen molar-refractivity contribution in [1.82, 2.24) is 10.3 Å². The maximum Gasteiger partial charge on any atom is 0.416 e. The van der Waals surface area contributed by atoms with E-state index in [2.05, 4.69) is 10.3 Å². The minimum Gasteiger partial charge on any atom is -0.351 e. The van der Waals surface area contributed by atoms with Crippen LogP contribution in [0.5, 0.6) is 0 Å². The molecule has 0 bridgehead atoms. The molecule has 1 aliphatic rings. The molecule has 1 saturated carbocycles. The van der Waals surface area contributed by atoms with Crippen molar-refractivity contribution in [3.8, 4) is 0 Å². The Balaban J connectivity index is 1.61. The molecule has 1 fully saturated rings. The van der Waals surface area contributed by atoms with Crippen molar-refractivity contribution < 1.29 is 18.0 Å². The molecule has 0 atom stereocenters. The van der Waals surface area contributed by atoms with Gasteiger partial charge in [0.25, 0.3) is 5.91 Å². The van der Waals surface area contributed by atoms with Crippen molar-refractivity contribution in [2.24, 2.45) is 0 Å². The second-order valence-corrected chi connectivity index (χ2v) is 6.39. The maximum absolute atomic E-state index is 12.8. The van der Waals surface area contributed by atoms with E-state index in [0.29, 0.717) is 10.9 Å². The summed E-state index contributed by atoms with van der Waals surface area (Å²) in [6.07, 6.45) is -2.71. The van der Waals surface area contributed by atoms with Crippen LogP contribution >= 0.6 is 0 Å². The number of benzene rings is 2. The zero-order valence-corrected chi connectivity index (χ0v) is 13.2. The Morgan fingerprint density at radius 2 is 1.76 bits per heavy atom. The van der Waals surface area contributed by atoms with Crippen LogP contribution in [0.25, 0.3) is 10.9 Å². The van der Waals surface area contributed by atoms with Gasteiger partial charge < -0.3 is 10.3 Å². The second-order valence-electron chi connectivity index (χ2n) is 6.39. The molecule has 1 heterocycles. The van der Waals surface area contributed by atoms with Gasteiger partial charge in [-0.3, -0.25) is 4.79 Å². The Kier molecular flexibility index (Phi) is 3.39. The van der Waals surface area contributed by atoms with Crippen LogP contribution in [0.15, 0.2) is 54.6 Å². The first-order valence-electron chi connectivity index (χ1n) is 7.95. The van der Waals surface area contributed by atoms with E-state index in [-0.39, 0.29) is 17.1 Å². The van der Waals surface area contributed by atoms with Crippen LogP contribution in [-0.2, 0) is 11.7 Å². The molecule has 0 radical (unpaired) electrons. The third-order valence-corrected chi connectivity index (χ3v) is 4.62. The van der Waals surface area contributed by atoms with Crippen LogP contribution in [0.4, 0.5) is 13.2 Å². The predicted molar refractivity (Wildman–Crippen MR) is 88.1 cm³/mol. The molecular formula is C19H15F3N2O. The van der Waals surface area contributed by atoms with E-state index in [1.54, 1.807) is 0 Å². The Labute approximate surface area is 141 Å². The molecule has 6 heteroatoms. The average Bonchev–Trinajstić information content (AvgIpc) is 3.23. The van der Waals surface area contributed by atoms with Gasteiger partial charge in [0.1, 0.15) is 5.69 Å². The minimum atomic E-state index is -4.40. The lowest BCUT2D eigenvalue weighted by atomic mass is 10.0. The van der Waals surface area contributed by atoms with Crippen molar-refractivity contribution in [2.75, 3.05) is 0 Å². The molecule has 0 aliphatic heterocycles. The second kappa shape index (κ2) is 5.37. The topological polar surface area (TPSA) is 44.9 Å². The highest BCUT2D eigenvalue weighted by molar-refractivity contribution is 5.98. The normalized spacial score (nSPS) is 16.0. The van der Waals surface area contributed by atoms with Crippen LogP contribution in [0.3, 0.4) is 0 Å². The van der Waals surface area contributed by atoms with E-state index in [1.807, 2.05) is 30.3 Å². The molecule has 0 spiro atoms. The Bertz CT molecular complexity index is 940. The number of nitrogens with one attached hydrogen (secondary N) is 2. The molecule has 1 amide bonds. The summed E-state index contributed by atoms with van der Waals surface area (Å²) in [4.78, 5) is 15.5. The number of amides is 1. The maximum atomic E-state index is 12.8. The monoisotopic (exact) mass is 344 g/mol. The zero-order valence-electron chi connectivity index (χ0n) is 13.2. The number of aromatic nitrogens is 1. The molecule has 128 valence electrons. The molecule has 4 rings (SSSR count). The number of alkyl halides is 3. The average molecular weight is 344 g/mol. The lowest BCUT2D eigenvalue weighted by Crippen LogP contribution is -2.34.